The molecule has 1 aromatic heterocycles. The van der Waals surface area contributed by atoms with Gasteiger partial charge in [0.15, 0.2) is 0 Å². The Morgan fingerprint density at radius 1 is 1.33 bits per heavy atom. The first-order valence-corrected chi connectivity index (χ1v) is 6.19. The van der Waals surface area contributed by atoms with Gasteiger partial charge in [-0.1, -0.05) is 0 Å². The minimum atomic E-state index is 0.615. The fourth-order valence-electron chi connectivity index (χ4n) is 1.57. The third-order valence-corrected chi connectivity index (χ3v) is 3.32. The van der Waals surface area contributed by atoms with Crippen LogP contribution in [0.2, 0.25) is 0 Å². The first-order valence-electron chi connectivity index (χ1n) is 4.97. The Balaban J connectivity index is 2.45. The van der Waals surface area contributed by atoms with Gasteiger partial charge >= 0.3 is 0 Å². The zero-order valence-corrected chi connectivity index (χ0v) is 10.1. The SMILES string of the molecule is COc1cc(C2CC2)nc(OC)c1SC. The van der Waals surface area contributed by atoms with Crippen LogP contribution >= 0.6 is 11.8 Å². The molecule has 0 saturated heterocycles. The van der Waals surface area contributed by atoms with E-state index in [9.17, 15) is 0 Å². The van der Waals surface area contributed by atoms with Gasteiger partial charge in [0.25, 0.3) is 0 Å². The molecular formula is C11H15NO2S. The van der Waals surface area contributed by atoms with Crippen molar-refractivity contribution in [1.29, 1.82) is 0 Å². The Morgan fingerprint density at radius 2 is 2.07 bits per heavy atom. The molecule has 1 saturated carbocycles. The summed E-state index contributed by atoms with van der Waals surface area (Å²) in [6.45, 7) is 0. The Labute approximate surface area is 94.2 Å². The lowest BCUT2D eigenvalue weighted by atomic mass is 10.2. The quantitative estimate of drug-likeness (QED) is 0.737. The van der Waals surface area contributed by atoms with Crippen molar-refractivity contribution in [1.82, 2.24) is 4.98 Å². The van der Waals surface area contributed by atoms with Gasteiger partial charge in [0, 0.05) is 12.0 Å². The van der Waals surface area contributed by atoms with E-state index in [0.29, 0.717) is 11.8 Å². The Hall–Kier alpha value is -0.900. The maximum Gasteiger partial charge on any atom is 0.231 e. The van der Waals surface area contributed by atoms with Crippen LogP contribution in [-0.2, 0) is 0 Å². The molecular weight excluding hydrogens is 210 g/mol. The standard InChI is InChI=1S/C11H15NO2S/c1-13-9-6-8(7-4-5-7)12-11(14-2)10(9)15-3/h6-7H,4-5H2,1-3H3. The van der Waals surface area contributed by atoms with Gasteiger partial charge in [-0.3, -0.25) is 0 Å². The molecule has 3 nitrogen and oxygen atoms in total. The monoisotopic (exact) mass is 225 g/mol. The van der Waals surface area contributed by atoms with E-state index in [1.807, 2.05) is 12.3 Å². The predicted molar refractivity (Wildman–Crippen MR) is 61.1 cm³/mol. The highest BCUT2D eigenvalue weighted by molar-refractivity contribution is 7.98. The van der Waals surface area contributed by atoms with Crippen LogP contribution in [0, 0.1) is 0 Å². The van der Waals surface area contributed by atoms with E-state index in [0.717, 1.165) is 16.3 Å². The van der Waals surface area contributed by atoms with Crippen molar-refractivity contribution in [3.8, 4) is 11.6 Å². The fraction of sp³-hybridized carbons (Fsp3) is 0.545. The number of hydrogen-bond donors (Lipinski definition) is 0. The van der Waals surface area contributed by atoms with Crippen LogP contribution < -0.4 is 9.47 Å². The Bertz CT molecular complexity index is 339. The van der Waals surface area contributed by atoms with E-state index in [1.54, 1.807) is 26.0 Å². The topological polar surface area (TPSA) is 31.4 Å². The van der Waals surface area contributed by atoms with E-state index in [4.69, 9.17) is 9.47 Å². The van der Waals surface area contributed by atoms with Gasteiger partial charge in [-0.2, -0.15) is 0 Å². The molecule has 0 unspecified atom stereocenters. The molecule has 1 aromatic rings. The van der Waals surface area contributed by atoms with Gasteiger partial charge in [-0.25, -0.2) is 4.98 Å². The summed E-state index contributed by atoms with van der Waals surface area (Å²) in [5.74, 6) is 2.17. The largest absolute Gasteiger partial charge is 0.495 e. The van der Waals surface area contributed by atoms with Crippen LogP contribution in [0.15, 0.2) is 11.0 Å². The van der Waals surface area contributed by atoms with E-state index in [-0.39, 0.29) is 0 Å². The van der Waals surface area contributed by atoms with E-state index in [1.165, 1.54) is 12.8 Å². The minimum Gasteiger partial charge on any atom is -0.495 e. The lowest BCUT2D eigenvalue weighted by Gasteiger charge is -2.12. The zero-order chi connectivity index (χ0) is 10.8. The third-order valence-electron chi connectivity index (χ3n) is 2.54. The molecule has 1 fully saturated rings. The number of rotatable bonds is 4. The van der Waals surface area contributed by atoms with Gasteiger partial charge < -0.3 is 9.47 Å². The molecule has 4 heteroatoms. The van der Waals surface area contributed by atoms with E-state index >= 15 is 0 Å². The second kappa shape index (κ2) is 4.31. The average molecular weight is 225 g/mol. The first-order chi connectivity index (χ1) is 7.30. The van der Waals surface area contributed by atoms with Crippen LogP contribution in [0.25, 0.3) is 0 Å². The highest BCUT2D eigenvalue weighted by atomic mass is 32.2. The van der Waals surface area contributed by atoms with E-state index < -0.39 is 0 Å². The summed E-state index contributed by atoms with van der Waals surface area (Å²) in [4.78, 5) is 5.49. The number of aromatic nitrogens is 1. The van der Waals surface area contributed by atoms with Gasteiger partial charge in [0.1, 0.15) is 10.6 Å². The summed E-state index contributed by atoms with van der Waals surface area (Å²) in [7, 11) is 3.34. The number of thioether (sulfide) groups is 1. The summed E-state index contributed by atoms with van der Waals surface area (Å²) in [6.07, 6.45) is 4.47. The first kappa shape index (κ1) is 10.6. The molecule has 0 N–H and O–H groups in total. The molecule has 1 aliphatic rings. The molecule has 0 bridgehead atoms. The molecule has 0 aromatic carbocycles. The highest BCUT2D eigenvalue weighted by Gasteiger charge is 2.27. The summed E-state index contributed by atoms with van der Waals surface area (Å²) in [5, 5.41) is 0. The summed E-state index contributed by atoms with van der Waals surface area (Å²) >= 11 is 1.60. The number of pyridine rings is 1. The molecule has 0 atom stereocenters. The lowest BCUT2D eigenvalue weighted by Crippen LogP contribution is -1.98. The Kier molecular flexibility index (Phi) is 3.05. The molecule has 0 aliphatic heterocycles. The number of nitrogens with zero attached hydrogens (tertiary/aromatic N) is 1. The van der Waals surface area contributed by atoms with Crippen molar-refractivity contribution in [2.75, 3.05) is 20.5 Å². The normalized spacial score (nSPS) is 15.1. The maximum atomic E-state index is 5.36. The van der Waals surface area contributed by atoms with E-state index in [2.05, 4.69) is 4.98 Å². The smallest absolute Gasteiger partial charge is 0.231 e. The summed E-state index contributed by atoms with van der Waals surface area (Å²) in [5.41, 5.74) is 1.10. The van der Waals surface area contributed by atoms with Gasteiger partial charge in [-0.05, 0) is 19.1 Å². The molecule has 0 radical (unpaired) electrons. The molecule has 1 aliphatic carbocycles. The highest BCUT2D eigenvalue weighted by Crippen LogP contribution is 2.44. The van der Waals surface area contributed by atoms with Crippen LogP contribution in [-0.4, -0.2) is 25.5 Å². The molecule has 0 spiro atoms. The average Bonchev–Trinajstić information content (AvgIpc) is 3.10. The molecule has 82 valence electrons. The van der Waals surface area contributed by atoms with Gasteiger partial charge in [0.2, 0.25) is 5.88 Å². The molecule has 2 rings (SSSR count). The van der Waals surface area contributed by atoms with Crippen LogP contribution in [0.4, 0.5) is 0 Å². The van der Waals surface area contributed by atoms with Crippen LogP contribution in [0.5, 0.6) is 11.6 Å². The predicted octanol–water partition coefficient (Wildman–Crippen LogP) is 2.70. The number of ether oxygens (including phenoxy) is 2. The number of hydrogen-bond acceptors (Lipinski definition) is 4. The minimum absolute atomic E-state index is 0.615. The fourth-order valence-corrected chi connectivity index (χ4v) is 2.22. The van der Waals surface area contributed by atoms with Crippen molar-refractivity contribution in [2.24, 2.45) is 0 Å². The van der Waals surface area contributed by atoms with Gasteiger partial charge in [0.05, 0.1) is 19.9 Å². The second-order valence-corrected chi connectivity index (χ2v) is 4.38. The van der Waals surface area contributed by atoms with Crippen molar-refractivity contribution >= 4 is 11.8 Å². The van der Waals surface area contributed by atoms with Crippen molar-refractivity contribution in [3.63, 3.8) is 0 Å². The lowest BCUT2D eigenvalue weighted by molar-refractivity contribution is 0.362. The Morgan fingerprint density at radius 3 is 2.53 bits per heavy atom. The van der Waals surface area contributed by atoms with Crippen LogP contribution in [0.1, 0.15) is 24.5 Å². The maximum absolute atomic E-state index is 5.36. The summed E-state index contributed by atoms with van der Waals surface area (Å²) in [6, 6.07) is 2.03. The van der Waals surface area contributed by atoms with Crippen molar-refractivity contribution in [3.05, 3.63) is 11.8 Å². The molecule has 1 heterocycles. The van der Waals surface area contributed by atoms with Crippen molar-refractivity contribution < 1.29 is 9.47 Å². The second-order valence-electron chi connectivity index (χ2n) is 3.57. The zero-order valence-electron chi connectivity index (χ0n) is 9.24. The van der Waals surface area contributed by atoms with Crippen molar-refractivity contribution in [2.45, 2.75) is 23.7 Å². The summed E-state index contributed by atoms with van der Waals surface area (Å²) < 4.78 is 10.6. The van der Waals surface area contributed by atoms with Gasteiger partial charge in [-0.15, -0.1) is 11.8 Å². The molecule has 15 heavy (non-hydrogen) atoms. The number of methoxy groups -OCH3 is 2. The van der Waals surface area contributed by atoms with Crippen LogP contribution in [0.3, 0.4) is 0 Å². The third kappa shape index (κ3) is 2.04. The molecule has 0 amide bonds.